The van der Waals surface area contributed by atoms with Crippen molar-refractivity contribution in [2.45, 2.75) is 57.2 Å². The highest BCUT2D eigenvalue weighted by molar-refractivity contribution is 5.76. The van der Waals surface area contributed by atoms with E-state index in [0.717, 1.165) is 36.5 Å². The molecular weight excluding hydrogens is 581 g/mol. The number of likely N-dealkylation sites (tertiary alicyclic amines) is 1. The molecule has 1 N–H and O–H groups in total. The molecule has 0 spiro atoms. The molecule has 0 aliphatic carbocycles. The van der Waals surface area contributed by atoms with Crippen LogP contribution >= 0.6 is 0 Å². The molecule has 2 aromatic rings. The topological polar surface area (TPSA) is 48.1 Å². The van der Waals surface area contributed by atoms with Crippen LogP contribution in [0.5, 0.6) is 0 Å². The lowest BCUT2D eigenvalue weighted by Gasteiger charge is -2.36. The molecule has 2 fully saturated rings. The van der Waals surface area contributed by atoms with Crippen molar-refractivity contribution in [1.82, 2.24) is 20.0 Å². The number of aryl methyl sites for hydroxylation is 1. The predicted molar refractivity (Wildman–Crippen MR) is 147 cm³/mol. The average Bonchev–Trinajstić information content (AvgIpc) is 3.37. The normalized spacial score (nSPS) is 20.8. The summed E-state index contributed by atoms with van der Waals surface area (Å²) in [6.45, 7) is 8.10. The quantitative estimate of drug-likeness (QED) is 0.275. The van der Waals surface area contributed by atoms with Gasteiger partial charge in [-0.2, -0.15) is 26.3 Å². The number of hydrogen-bond donors (Lipinski definition) is 1. The molecule has 6 nitrogen and oxygen atoms in total. The molecule has 238 valence electrons. The molecule has 13 heteroatoms. The van der Waals surface area contributed by atoms with Crippen LogP contribution in [-0.4, -0.2) is 79.8 Å². The first-order chi connectivity index (χ1) is 20.2. The Morgan fingerprint density at radius 3 is 2.23 bits per heavy atom. The second-order valence-corrected chi connectivity index (χ2v) is 11.2. The number of carbonyl (C=O) groups excluding carboxylic acids is 1. The molecule has 0 saturated carbocycles. The van der Waals surface area contributed by atoms with Crippen LogP contribution in [0.1, 0.15) is 59.7 Å². The summed E-state index contributed by atoms with van der Waals surface area (Å²) in [5.41, 5.74) is -1.81. The number of nitrogens with zero attached hydrogens (tertiary/aromatic N) is 3. The lowest BCUT2D eigenvalue weighted by molar-refractivity contribution is -0.143. The number of rotatable bonds is 8. The van der Waals surface area contributed by atoms with Crippen molar-refractivity contribution >= 4 is 6.03 Å². The van der Waals surface area contributed by atoms with Crippen molar-refractivity contribution < 1.29 is 40.3 Å². The van der Waals surface area contributed by atoms with E-state index in [1.54, 1.807) is 17.9 Å². The van der Waals surface area contributed by atoms with Gasteiger partial charge in [-0.05, 0) is 86.8 Å². The SMILES string of the molecule is Cc1cc(F)ccc1C1C(NCCCN2CCOCC2)CCN1C(=O)N(C)[C@@H](C)c1cc(C(F)(F)F)cc(C(F)(F)F)c1. The van der Waals surface area contributed by atoms with Crippen molar-refractivity contribution in [3.05, 3.63) is 70.0 Å². The van der Waals surface area contributed by atoms with Gasteiger partial charge in [0, 0.05) is 32.7 Å². The minimum absolute atomic E-state index is 0.0706. The fraction of sp³-hybridized carbons (Fsp3) is 0.567. The molecule has 2 aliphatic heterocycles. The third-order valence-electron chi connectivity index (χ3n) is 8.33. The Kier molecular flexibility index (Phi) is 10.3. The van der Waals surface area contributed by atoms with Gasteiger partial charge in [0.2, 0.25) is 0 Å². The van der Waals surface area contributed by atoms with Crippen LogP contribution in [-0.2, 0) is 17.1 Å². The van der Waals surface area contributed by atoms with E-state index >= 15 is 0 Å². The number of urea groups is 1. The van der Waals surface area contributed by atoms with Gasteiger partial charge in [0.25, 0.3) is 0 Å². The summed E-state index contributed by atoms with van der Waals surface area (Å²) in [6.07, 6.45) is -8.58. The van der Waals surface area contributed by atoms with Crippen molar-refractivity contribution in [2.24, 2.45) is 0 Å². The molecular formula is C30H37F7N4O2. The van der Waals surface area contributed by atoms with Gasteiger partial charge in [-0.15, -0.1) is 0 Å². The van der Waals surface area contributed by atoms with Crippen LogP contribution in [0.15, 0.2) is 36.4 Å². The van der Waals surface area contributed by atoms with Gasteiger partial charge < -0.3 is 19.9 Å². The van der Waals surface area contributed by atoms with E-state index in [1.807, 2.05) is 0 Å². The monoisotopic (exact) mass is 618 g/mol. The first-order valence-corrected chi connectivity index (χ1v) is 14.3. The molecule has 2 heterocycles. The van der Waals surface area contributed by atoms with Gasteiger partial charge in [0.15, 0.2) is 0 Å². The smallest absolute Gasteiger partial charge is 0.379 e. The van der Waals surface area contributed by atoms with E-state index in [4.69, 9.17) is 4.74 Å². The minimum atomic E-state index is -5.00. The van der Waals surface area contributed by atoms with Crippen molar-refractivity contribution in [3.63, 3.8) is 0 Å². The number of nitrogens with one attached hydrogen (secondary N) is 1. The molecule has 43 heavy (non-hydrogen) atoms. The number of alkyl halides is 6. The average molecular weight is 619 g/mol. The number of benzene rings is 2. The highest BCUT2D eigenvalue weighted by Crippen LogP contribution is 2.40. The van der Waals surface area contributed by atoms with Crippen molar-refractivity contribution in [3.8, 4) is 0 Å². The molecule has 0 aromatic heterocycles. The van der Waals surface area contributed by atoms with E-state index in [2.05, 4.69) is 10.2 Å². The summed E-state index contributed by atoms with van der Waals surface area (Å²) >= 11 is 0. The van der Waals surface area contributed by atoms with Gasteiger partial charge in [-0.1, -0.05) is 6.07 Å². The maximum absolute atomic E-state index is 14.0. The zero-order valence-corrected chi connectivity index (χ0v) is 24.4. The zero-order chi connectivity index (χ0) is 31.5. The second kappa shape index (κ2) is 13.4. The Balaban J connectivity index is 1.55. The molecule has 0 bridgehead atoms. The molecule has 3 atom stereocenters. The molecule has 2 aliphatic rings. The van der Waals surface area contributed by atoms with E-state index in [9.17, 15) is 35.5 Å². The maximum atomic E-state index is 14.0. The summed E-state index contributed by atoms with van der Waals surface area (Å²) in [7, 11) is 1.36. The molecule has 0 radical (unpaired) electrons. The Morgan fingerprint density at radius 1 is 1.02 bits per heavy atom. The highest BCUT2D eigenvalue weighted by Gasteiger charge is 2.42. The van der Waals surface area contributed by atoms with Crippen LogP contribution in [0, 0.1) is 12.7 Å². The summed E-state index contributed by atoms with van der Waals surface area (Å²) in [5.74, 6) is -0.428. The van der Waals surface area contributed by atoms with E-state index in [0.29, 0.717) is 50.4 Å². The molecule has 2 unspecified atom stereocenters. The standard InChI is InChI=1S/C30H37F7N4O2/c1-19-15-24(31)5-6-25(19)27-26(38-8-4-9-40-11-13-43-14-12-40)7-10-41(27)28(42)39(3)20(2)21-16-22(29(32,33)34)18-23(17-21)30(35,36)37/h5-6,15-18,20,26-27,38H,4,7-14H2,1-3H3/t20-,26?,27?/m0/s1. The molecule has 2 aromatic carbocycles. The summed E-state index contributed by atoms with van der Waals surface area (Å²) in [5, 5.41) is 3.53. The first kappa shape index (κ1) is 33.0. The third kappa shape index (κ3) is 7.98. The van der Waals surface area contributed by atoms with E-state index in [-0.39, 0.29) is 17.7 Å². The Bertz CT molecular complexity index is 1230. The maximum Gasteiger partial charge on any atom is 0.416 e. The largest absolute Gasteiger partial charge is 0.416 e. The van der Waals surface area contributed by atoms with Gasteiger partial charge in [0.1, 0.15) is 5.82 Å². The minimum Gasteiger partial charge on any atom is -0.379 e. The summed E-state index contributed by atoms with van der Waals surface area (Å²) < 4.78 is 100. The fourth-order valence-electron chi connectivity index (χ4n) is 5.80. The summed E-state index contributed by atoms with van der Waals surface area (Å²) in [4.78, 5) is 18.9. The second-order valence-electron chi connectivity index (χ2n) is 11.2. The highest BCUT2D eigenvalue weighted by atomic mass is 19.4. The van der Waals surface area contributed by atoms with E-state index in [1.165, 1.54) is 26.1 Å². The zero-order valence-electron chi connectivity index (χ0n) is 24.4. The molecule has 2 amide bonds. The Labute approximate surface area is 246 Å². The van der Waals surface area contributed by atoms with Gasteiger partial charge in [-0.25, -0.2) is 9.18 Å². The van der Waals surface area contributed by atoms with Crippen LogP contribution in [0.4, 0.5) is 35.5 Å². The number of ether oxygens (including phenoxy) is 1. The first-order valence-electron chi connectivity index (χ1n) is 14.3. The van der Waals surface area contributed by atoms with Crippen molar-refractivity contribution in [1.29, 1.82) is 0 Å². The van der Waals surface area contributed by atoms with Crippen LogP contribution in [0.2, 0.25) is 0 Å². The van der Waals surface area contributed by atoms with Crippen LogP contribution < -0.4 is 5.32 Å². The summed E-state index contributed by atoms with van der Waals surface area (Å²) in [6, 6.07) is 3.31. The third-order valence-corrected chi connectivity index (χ3v) is 8.33. The Hall–Kier alpha value is -2.90. The van der Waals surface area contributed by atoms with Gasteiger partial charge in [0.05, 0.1) is 36.4 Å². The Morgan fingerprint density at radius 2 is 1.65 bits per heavy atom. The fourth-order valence-corrected chi connectivity index (χ4v) is 5.80. The van der Waals surface area contributed by atoms with Gasteiger partial charge >= 0.3 is 18.4 Å². The lowest BCUT2D eigenvalue weighted by atomic mass is 9.95. The number of halogens is 7. The van der Waals surface area contributed by atoms with Crippen LogP contribution in [0.25, 0.3) is 0 Å². The molecule has 2 saturated heterocycles. The van der Waals surface area contributed by atoms with E-state index < -0.39 is 47.4 Å². The number of carbonyl (C=O) groups is 1. The predicted octanol–water partition coefficient (Wildman–Crippen LogP) is 6.41. The molecule has 4 rings (SSSR count). The van der Waals surface area contributed by atoms with Crippen LogP contribution in [0.3, 0.4) is 0 Å². The number of hydrogen-bond acceptors (Lipinski definition) is 4. The van der Waals surface area contributed by atoms with Crippen molar-refractivity contribution in [2.75, 3.05) is 53.0 Å². The number of morpholine rings is 1. The van der Waals surface area contributed by atoms with Gasteiger partial charge in [-0.3, -0.25) is 4.90 Å². The lowest BCUT2D eigenvalue weighted by Crippen LogP contribution is -2.45. The number of amides is 2.